The lowest BCUT2D eigenvalue weighted by Crippen LogP contribution is -2.33. The normalized spacial score (nSPS) is 33.9. The maximum absolute atomic E-state index is 3.68. The summed E-state index contributed by atoms with van der Waals surface area (Å²) < 4.78 is 0. The van der Waals surface area contributed by atoms with E-state index in [1.807, 2.05) is 11.8 Å². The van der Waals surface area contributed by atoms with Gasteiger partial charge in [-0.3, -0.25) is 0 Å². The number of nitrogens with one attached hydrogen (secondary N) is 1. The van der Waals surface area contributed by atoms with E-state index in [0.29, 0.717) is 0 Å². The highest BCUT2D eigenvalue weighted by molar-refractivity contribution is 7.98. The maximum Gasteiger partial charge on any atom is 0.00953 e. The van der Waals surface area contributed by atoms with Crippen LogP contribution in [-0.2, 0) is 0 Å². The molecule has 13 heavy (non-hydrogen) atoms. The molecule has 2 heteroatoms. The third-order valence-corrected chi connectivity index (χ3v) is 4.09. The molecule has 1 nitrogen and oxygen atoms in total. The van der Waals surface area contributed by atoms with Crippen molar-refractivity contribution in [2.75, 3.05) is 18.6 Å². The second-order valence-electron chi connectivity index (χ2n) is 4.32. The third kappa shape index (κ3) is 3.51. The van der Waals surface area contributed by atoms with Crippen LogP contribution in [0.25, 0.3) is 0 Å². The van der Waals surface area contributed by atoms with E-state index in [4.69, 9.17) is 0 Å². The minimum atomic E-state index is 0.803. The fourth-order valence-corrected chi connectivity index (χ4v) is 2.59. The van der Waals surface area contributed by atoms with E-state index in [0.717, 1.165) is 17.9 Å². The predicted octanol–water partition coefficient (Wildman–Crippen LogP) is 2.76. The summed E-state index contributed by atoms with van der Waals surface area (Å²) in [6, 6.07) is 0.803. The van der Waals surface area contributed by atoms with Gasteiger partial charge in [0.2, 0.25) is 0 Å². The molecule has 78 valence electrons. The lowest BCUT2D eigenvalue weighted by Gasteiger charge is -2.19. The molecule has 0 aromatic heterocycles. The second kappa shape index (κ2) is 5.92. The summed E-state index contributed by atoms with van der Waals surface area (Å²) in [4.78, 5) is 0. The van der Waals surface area contributed by atoms with E-state index in [2.05, 4.69) is 25.4 Å². The van der Waals surface area contributed by atoms with Crippen LogP contribution < -0.4 is 5.32 Å². The highest BCUT2D eigenvalue weighted by Crippen LogP contribution is 2.30. The van der Waals surface area contributed by atoms with E-state index in [9.17, 15) is 0 Å². The standard InChI is InChI=1S/C11H23NS/c1-9-5-6-11(10(9)2)12-7-4-8-13-3/h9-12H,4-8H2,1-3H3. The van der Waals surface area contributed by atoms with Gasteiger partial charge in [0.25, 0.3) is 0 Å². The Morgan fingerprint density at radius 2 is 2.08 bits per heavy atom. The Hall–Kier alpha value is 0.310. The van der Waals surface area contributed by atoms with E-state index in [-0.39, 0.29) is 0 Å². The van der Waals surface area contributed by atoms with Gasteiger partial charge < -0.3 is 5.32 Å². The van der Waals surface area contributed by atoms with E-state index in [1.54, 1.807) is 0 Å². The number of rotatable bonds is 5. The quantitative estimate of drug-likeness (QED) is 0.687. The molecule has 0 aliphatic heterocycles. The molecule has 0 radical (unpaired) electrons. The largest absolute Gasteiger partial charge is 0.314 e. The molecular formula is C11H23NS. The highest BCUT2D eigenvalue weighted by atomic mass is 32.2. The van der Waals surface area contributed by atoms with Crippen LogP contribution in [0.15, 0.2) is 0 Å². The first-order chi connectivity index (χ1) is 6.25. The van der Waals surface area contributed by atoms with E-state index in [1.165, 1.54) is 31.6 Å². The summed E-state index contributed by atoms with van der Waals surface area (Å²) in [5.41, 5.74) is 0. The van der Waals surface area contributed by atoms with Gasteiger partial charge in [-0.15, -0.1) is 0 Å². The Kier molecular flexibility index (Phi) is 5.18. The molecule has 1 fully saturated rings. The average Bonchev–Trinajstić information content (AvgIpc) is 2.43. The van der Waals surface area contributed by atoms with Crippen LogP contribution in [0.4, 0.5) is 0 Å². The van der Waals surface area contributed by atoms with Crippen molar-refractivity contribution in [2.45, 2.75) is 39.2 Å². The fraction of sp³-hybridized carbons (Fsp3) is 1.00. The lowest BCUT2D eigenvalue weighted by molar-refractivity contribution is 0.372. The zero-order chi connectivity index (χ0) is 9.68. The van der Waals surface area contributed by atoms with Crippen LogP contribution in [0.3, 0.4) is 0 Å². The van der Waals surface area contributed by atoms with Crippen molar-refractivity contribution in [2.24, 2.45) is 11.8 Å². The molecule has 1 rings (SSSR count). The Labute approximate surface area is 87.1 Å². The first-order valence-corrected chi connectivity index (χ1v) is 6.87. The Morgan fingerprint density at radius 3 is 2.62 bits per heavy atom. The molecule has 3 atom stereocenters. The molecule has 1 N–H and O–H groups in total. The molecule has 1 aliphatic carbocycles. The summed E-state index contributed by atoms with van der Waals surface area (Å²) in [6.07, 6.45) is 6.31. The number of thioether (sulfide) groups is 1. The molecule has 0 aromatic rings. The number of hydrogen-bond donors (Lipinski definition) is 1. The average molecular weight is 201 g/mol. The minimum Gasteiger partial charge on any atom is -0.314 e. The Bertz CT molecular complexity index is 138. The molecule has 1 aliphatic rings. The van der Waals surface area contributed by atoms with E-state index >= 15 is 0 Å². The van der Waals surface area contributed by atoms with Crippen molar-refractivity contribution in [3.05, 3.63) is 0 Å². The third-order valence-electron chi connectivity index (χ3n) is 3.40. The van der Waals surface area contributed by atoms with E-state index < -0.39 is 0 Å². The smallest absolute Gasteiger partial charge is 0.00953 e. The first kappa shape index (κ1) is 11.4. The minimum absolute atomic E-state index is 0.803. The second-order valence-corrected chi connectivity index (χ2v) is 5.31. The summed E-state index contributed by atoms with van der Waals surface area (Å²) in [6.45, 7) is 5.99. The first-order valence-electron chi connectivity index (χ1n) is 5.48. The zero-order valence-corrected chi connectivity index (χ0v) is 9.99. The van der Waals surface area contributed by atoms with Crippen LogP contribution >= 0.6 is 11.8 Å². The van der Waals surface area contributed by atoms with Gasteiger partial charge in [-0.25, -0.2) is 0 Å². The molecule has 0 aromatic carbocycles. The van der Waals surface area contributed by atoms with Gasteiger partial charge in [-0.05, 0) is 49.7 Å². The van der Waals surface area contributed by atoms with Crippen LogP contribution in [0.5, 0.6) is 0 Å². The molecule has 0 saturated heterocycles. The number of hydrogen-bond acceptors (Lipinski definition) is 2. The molecule has 0 heterocycles. The molecule has 0 spiro atoms. The maximum atomic E-state index is 3.68. The van der Waals surface area contributed by atoms with Crippen molar-refractivity contribution >= 4 is 11.8 Å². The van der Waals surface area contributed by atoms with Crippen LogP contribution in [0, 0.1) is 11.8 Å². The highest BCUT2D eigenvalue weighted by Gasteiger charge is 2.28. The van der Waals surface area contributed by atoms with Gasteiger partial charge in [0.1, 0.15) is 0 Å². The molecule has 0 bridgehead atoms. The summed E-state index contributed by atoms with van der Waals surface area (Å²) in [5, 5.41) is 3.68. The molecule has 0 amide bonds. The Morgan fingerprint density at radius 1 is 1.31 bits per heavy atom. The lowest BCUT2D eigenvalue weighted by atomic mass is 9.98. The fourth-order valence-electron chi connectivity index (χ4n) is 2.16. The predicted molar refractivity (Wildman–Crippen MR) is 62.4 cm³/mol. The topological polar surface area (TPSA) is 12.0 Å². The van der Waals surface area contributed by atoms with Gasteiger partial charge in [0, 0.05) is 6.04 Å². The van der Waals surface area contributed by atoms with Gasteiger partial charge in [-0.2, -0.15) is 11.8 Å². The van der Waals surface area contributed by atoms with Gasteiger partial charge in [0.15, 0.2) is 0 Å². The van der Waals surface area contributed by atoms with Gasteiger partial charge >= 0.3 is 0 Å². The SMILES string of the molecule is CSCCCNC1CCC(C)C1C. The van der Waals surface area contributed by atoms with Crippen LogP contribution in [-0.4, -0.2) is 24.6 Å². The van der Waals surface area contributed by atoms with Crippen molar-refractivity contribution in [1.29, 1.82) is 0 Å². The van der Waals surface area contributed by atoms with Crippen molar-refractivity contribution in [3.8, 4) is 0 Å². The summed E-state index contributed by atoms with van der Waals surface area (Å²) in [7, 11) is 0. The summed E-state index contributed by atoms with van der Waals surface area (Å²) >= 11 is 1.95. The Balaban J connectivity index is 2.08. The van der Waals surface area contributed by atoms with Gasteiger partial charge in [-0.1, -0.05) is 13.8 Å². The summed E-state index contributed by atoms with van der Waals surface area (Å²) in [5.74, 6) is 3.11. The van der Waals surface area contributed by atoms with Crippen molar-refractivity contribution in [3.63, 3.8) is 0 Å². The zero-order valence-electron chi connectivity index (χ0n) is 9.18. The molecule has 1 saturated carbocycles. The molecular weight excluding hydrogens is 178 g/mol. The van der Waals surface area contributed by atoms with Crippen LogP contribution in [0.1, 0.15) is 33.1 Å². The molecule has 3 unspecified atom stereocenters. The van der Waals surface area contributed by atoms with Crippen molar-refractivity contribution in [1.82, 2.24) is 5.32 Å². The van der Waals surface area contributed by atoms with Crippen LogP contribution in [0.2, 0.25) is 0 Å². The monoisotopic (exact) mass is 201 g/mol. The van der Waals surface area contributed by atoms with Crippen molar-refractivity contribution < 1.29 is 0 Å². The van der Waals surface area contributed by atoms with Gasteiger partial charge in [0.05, 0.1) is 0 Å².